The van der Waals surface area contributed by atoms with E-state index in [-0.39, 0.29) is 11.6 Å². The fourth-order valence-electron chi connectivity index (χ4n) is 4.22. The molecule has 1 unspecified atom stereocenters. The van der Waals surface area contributed by atoms with Crippen molar-refractivity contribution >= 4 is 17.7 Å². The summed E-state index contributed by atoms with van der Waals surface area (Å²) in [6.07, 6.45) is 4.22. The molecule has 1 aliphatic carbocycles. The predicted molar refractivity (Wildman–Crippen MR) is 133 cm³/mol. The zero-order valence-electron chi connectivity index (χ0n) is 19.8. The molecule has 1 aromatic heterocycles. The molecule has 1 aliphatic rings. The van der Waals surface area contributed by atoms with Crippen LogP contribution in [0.1, 0.15) is 46.0 Å². The van der Waals surface area contributed by atoms with Crippen molar-refractivity contribution in [3.8, 4) is 28.9 Å². The molecule has 35 heavy (non-hydrogen) atoms. The van der Waals surface area contributed by atoms with Crippen molar-refractivity contribution in [2.75, 3.05) is 6.61 Å². The first kappa shape index (κ1) is 24.7. The van der Waals surface area contributed by atoms with Gasteiger partial charge in [-0.25, -0.2) is 4.39 Å². The molecule has 0 spiro atoms. The van der Waals surface area contributed by atoms with E-state index in [4.69, 9.17) is 4.74 Å². The van der Waals surface area contributed by atoms with E-state index in [1.165, 1.54) is 17.8 Å². The molecule has 1 saturated carbocycles. The van der Waals surface area contributed by atoms with Gasteiger partial charge in [-0.1, -0.05) is 43.2 Å². The topological polar surface area (TPSA) is 92.8 Å². The van der Waals surface area contributed by atoms with Crippen LogP contribution >= 0.6 is 11.8 Å². The Morgan fingerprint density at radius 2 is 1.91 bits per heavy atom. The molecule has 1 amide bonds. The van der Waals surface area contributed by atoms with E-state index in [0.717, 1.165) is 30.6 Å². The van der Waals surface area contributed by atoms with Crippen molar-refractivity contribution in [2.45, 2.75) is 61.9 Å². The molecule has 9 heteroatoms. The van der Waals surface area contributed by atoms with Gasteiger partial charge in [0.05, 0.1) is 23.6 Å². The summed E-state index contributed by atoms with van der Waals surface area (Å²) in [6.45, 7) is 4.22. The average Bonchev–Trinajstić information content (AvgIpc) is 3.28. The van der Waals surface area contributed by atoms with Gasteiger partial charge in [-0.05, 0) is 63.1 Å². The van der Waals surface area contributed by atoms with Crippen LogP contribution in [0.25, 0.3) is 17.1 Å². The molecule has 2 aromatic carbocycles. The van der Waals surface area contributed by atoms with E-state index in [9.17, 15) is 14.4 Å². The molecule has 1 atom stereocenters. The first-order valence-corrected chi connectivity index (χ1v) is 12.7. The molecule has 1 N–H and O–H groups in total. The lowest BCUT2D eigenvalue weighted by Gasteiger charge is -2.32. The van der Waals surface area contributed by atoms with Crippen LogP contribution in [-0.2, 0) is 4.79 Å². The summed E-state index contributed by atoms with van der Waals surface area (Å²) in [5, 5.41) is 21.1. The molecule has 0 saturated heterocycles. The van der Waals surface area contributed by atoms with Crippen molar-refractivity contribution in [3.63, 3.8) is 0 Å². The Bertz CT molecular complexity index is 1220. The molecule has 1 fully saturated rings. The number of halogens is 1. The number of amides is 1. The molecule has 4 rings (SSSR count). The van der Waals surface area contributed by atoms with E-state index in [1.807, 2.05) is 31.2 Å². The number of nitriles is 1. The number of ether oxygens (including phenoxy) is 1. The van der Waals surface area contributed by atoms with Crippen molar-refractivity contribution in [2.24, 2.45) is 0 Å². The summed E-state index contributed by atoms with van der Waals surface area (Å²) >= 11 is 1.18. The molecule has 7 nitrogen and oxygen atoms in total. The van der Waals surface area contributed by atoms with Crippen molar-refractivity contribution < 1.29 is 13.9 Å². The summed E-state index contributed by atoms with van der Waals surface area (Å²) in [4.78, 5) is 13.0. The maximum Gasteiger partial charge on any atom is 0.234 e. The van der Waals surface area contributed by atoms with Gasteiger partial charge in [-0.2, -0.15) is 5.26 Å². The van der Waals surface area contributed by atoms with Crippen LogP contribution in [0.4, 0.5) is 4.39 Å². The number of rotatable bonds is 8. The summed E-state index contributed by atoms with van der Waals surface area (Å²) in [7, 11) is 0. The zero-order chi connectivity index (χ0) is 24.8. The van der Waals surface area contributed by atoms with Gasteiger partial charge in [-0.3, -0.25) is 9.36 Å². The number of carbonyl (C=O) groups excluding carboxylic acids is 1. The minimum atomic E-state index is -0.823. The third-order valence-corrected chi connectivity index (χ3v) is 7.13. The first-order chi connectivity index (χ1) is 17.0. The third-order valence-electron chi connectivity index (χ3n) is 6.09. The smallest absolute Gasteiger partial charge is 0.234 e. The van der Waals surface area contributed by atoms with Crippen molar-refractivity contribution in [1.82, 2.24) is 20.1 Å². The Balaban J connectivity index is 1.64. The van der Waals surface area contributed by atoms with E-state index in [0.29, 0.717) is 30.4 Å². The molecular formula is C26H28FN5O2S. The second kappa shape index (κ2) is 10.9. The minimum absolute atomic E-state index is 0.246. The largest absolute Gasteiger partial charge is 0.494 e. The molecule has 0 aliphatic heterocycles. The minimum Gasteiger partial charge on any atom is -0.494 e. The number of nitrogens with one attached hydrogen (secondary N) is 1. The lowest BCUT2D eigenvalue weighted by atomic mass is 9.83. The molecule has 182 valence electrons. The standard InChI is InChI=1S/C26H28FN5O2S/c1-3-34-20-13-11-19(12-14-20)23-30-31-25(32(23)22-10-6-5-9-21(22)27)35-18(2)24(33)29-26(17-28)15-7-4-8-16-26/h5-6,9-14,18H,3-4,7-8,15-16H2,1-2H3,(H,29,33). The Labute approximate surface area is 208 Å². The summed E-state index contributed by atoms with van der Waals surface area (Å²) < 4.78 is 22.0. The number of carbonyl (C=O) groups is 1. The number of hydrogen-bond donors (Lipinski definition) is 1. The van der Waals surface area contributed by atoms with E-state index >= 15 is 0 Å². The maximum absolute atomic E-state index is 14.9. The molecule has 3 aromatic rings. The number of aromatic nitrogens is 3. The molecule has 0 radical (unpaired) electrons. The van der Waals surface area contributed by atoms with Crippen molar-refractivity contribution in [1.29, 1.82) is 5.26 Å². The van der Waals surface area contributed by atoms with Gasteiger partial charge in [0.2, 0.25) is 5.91 Å². The van der Waals surface area contributed by atoms with Gasteiger partial charge in [-0.15, -0.1) is 10.2 Å². The highest BCUT2D eigenvalue weighted by molar-refractivity contribution is 8.00. The maximum atomic E-state index is 14.9. The zero-order valence-corrected chi connectivity index (χ0v) is 20.6. The van der Waals surface area contributed by atoms with Crippen LogP contribution in [0.2, 0.25) is 0 Å². The Hall–Kier alpha value is -3.38. The fourth-order valence-corrected chi connectivity index (χ4v) is 5.08. The number of benzene rings is 2. The van der Waals surface area contributed by atoms with Crippen LogP contribution < -0.4 is 10.1 Å². The second-order valence-electron chi connectivity index (χ2n) is 8.55. The SMILES string of the molecule is CCOc1ccc(-c2nnc(SC(C)C(=O)NC3(C#N)CCCCC3)n2-c2ccccc2F)cc1. The van der Waals surface area contributed by atoms with Gasteiger partial charge in [0, 0.05) is 5.56 Å². The lowest BCUT2D eigenvalue weighted by molar-refractivity contribution is -0.121. The number of hydrogen-bond acceptors (Lipinski definition) is 6. The van der Waals surface area contributed by atoms with Gasteiger partial charge in [0.25, 0.3) is 0 Å². The van der Waals surface area contributed by atoms with Crippen LogP contribution in [0.3, 0.4) is 0 Å². The van der Waals surface area contributed by atoms with Gasteiger partial charge in [0.15, 0.2) is 11.0 Å². The second-order valence-corrected chi connectivity index (χ2v) is 9.86. The highest BCUT2D eigenvalue weighted by Gasteiger charge is 2.35. The number of para-hydroxylation sites is 1. The van der Waals surface area contributed by atoms with Gasteiger partial charge in [0.1, 0.15) is 17.1 Å². The predicted octanol–water partition coefficient (Wildman–Crippen LogP) is 5.30. The number of nitrogens with zero attached hydrogens (tertiary/aromatic N) is 4. The molecular weight excluding hydrogens is 465 g/mol. The van der Waals surface area contributed by atoms with Crippen LogP contribution in [0, 0.1) is 17.1 Å². The Kier molecular flexibility index (Phi) is 7.71. The van der Waals surface area contributed by atoms with Crippen molar-refractivity contribution in [3.05, 3.63) is 54.3 Å². The third kappa shape index (κ3) is 5.49. The number of thioether (sulfide) groups is 1. The Morgan fingerprint density at radius 1 is 1.20 bits per heavy atom. The monoisotopic (exact) mass is 493 g/mol. The normalized spacial score (nSPS) is 15.7. The van der Waals surface area contributed by atoms with Crippen LogP contribution in [0.5, 0.6) is 5.75 Å². The average molecular weight is 494 g/mol. The highest BCUT2D eigenvalue weighted by Crippen LogP contribution is 2.33. The first-order valence-electron chi connectivity index (χ1n) is 11.8. The molecule has 1 heterocycles. The van der Waals surface area contributed by atoms with E-state index in [1.54, 1.807) is 29.7 Å². The summed E-state index contributed by atoms with van der Waals surface area (Å²) in [5.74, 6) is 0.504. The summed E-state index contributed by atoms with van der Waals surface area (Å²) in [6, 6.07) is 16.0. The van der Waals surface area contributed by atoms with Crippen LogP contribution in [-0.4, -0.2) is 38.1 Å². The van der Waals surface area contributed by atoms with E-state index < -0.39 is 16.6 Å². The van der Waals surface area contributed by atoms with Crippen LogP contribution in [0.15, 0.2) is 53.7 Å². The van der Waals surface area contributed by atoms with Gasteiger partial charge >= 0.3 is 0 Å². The summed E-state index contributed by atoms with van der Waals surface area (Å²) in [5.41, 5.74) is 0.202. The highest BCUT2D eigenvalue weighted by atomic mass is 32.2. The quantitative estimate of drug-likeness (QED) is 0.428. The fraction of sp³-hybridized carbons (Fsp3) is 0.385. The lowest BCUT2D eigenvalue weighted by Crippen LogP contribution is -2.50. The van der Waals surface area contributed by atoms with Gasteiger partial charge < -0.3 is 10.1 Å². The Morgan fingerprint density at radius 3 is 2.57 bits per heavy atom. The molecule has 0 bridgehead atoms. The van der Waals surface area contributed by atoms with E-state index in [2.05, 4.69) is 21.6 Å².